The normalized spacial score (nSPS) is 14.4. The second-order valence-electron chi connectivity index (χ2n) is 5.19. The van der Waals surface area contributed by atoms with Gasteiger partial charge in [0.15, 0.2) is 0 Å². The Morgan fingerprint density at radius 3 is 2.67 bits per heavy atom. The average Bonchev–Trinajstić information content (AvgIpc) is 2.66. The van der Waals surface area contributed by atoms with Crippen molar-refractivity contribution in [1.82, 2.24) is 4.90 Å². The largest absolute Gasteiger partial charge is 0.508 e. The third kappa shape index (κ3) is 5.52. The van der Waals surface area contributed by atoms with E-state index in [1.54, 1.807) is 6.07 Å². The second-order valence-corrected chi connectivity index (χ2v) is 5.19. The summed E-state index contributed by atoms with van der Waals surface area (Å²) in [7, 11) is 3.75. The third-order valence-corrected chi connectivity index (χ3v) is 2.98. The van der Waals surface area contributed by atoms with Gasteiger partial charge in [0.25, 0.3) is 0 Å². The number of hydrogen-bond acceptors (Lipinski definition) is 4. The zero-order valence-corrected chi connectivity index (χ0v) is 13.5. The fourth-order valence-electron chi connectivity index (χ4n) is 1.74. The number of halogens is 1. The molecule has 0 radical (unpaired) electrons. The molecule has 0 heterocycles. The van der Waals surface area contributed by atoms with Crippen molar-refractivity contribution in [2.75, 3.05) is 27.2 Å². The minimum Gasteiger partial charge on any atom is -0.508 e. The molecule has 2 rings (SSSR count). The Morgan fingerprint density at radius 2 is 2.00 bits per heavy atom. The molecule has 0 unspecified atom stereocenters. The molecule has 0 fully saturated rings. The van der Waals surface area contributed by atoms with Gasteiger partial charge in [-0.25, -0.2) is 4.39 Å². The second kappa shape index (κ2) is 8.84. The van der Waals surface area contributed by atoms with Gasteiger partial charge in [-0.05, 0) is 50.0 Å². The van der Waals surface area contributed by atoms with Crippen LogP contribution in [0.25, 0.3) is 6.08 Å². The van der Waals surface area contributed by atoms with E-state index in [9.17, 15) is 9.50 Å². The van der Waals surface area contributed by atoms with Crippen molar-refractivity contribution < 1.29 is 19.8 Å². The molecular weight excluding hydrogens is 307 g/mol. The Bertz CT molecular complexity index is 888. The van der Waals surface area contributed by atoms with Crippen LogP contribution in [-0.4, -0.2) is 43.0 Å². The zero-order valence-electron chi connectivity index (χ0n) is 17.5. The van der Waals surface area contributed by atoms with Gasteiger partial charge in [0.2, 0.25) is 0 Å². The average molecular weight is 332 g/mol. The number of rotatable bonds is 7. The first-order valence-electron chi connectivity index (χ1n) is 9.31. The van der Waals surface area contributed by atoms with Crippen molar-refractivity contribution in [3.63, 3.8) is 0 Å². The van der Waals surface area contributed by atoms with Crippen molar-refractivity contribution in [2.45, 2.75) is 0 Å². The number of hydrogen-bond donors (Lipinski definition) is 1. The van der Waals surface area contributed by atoms with Crippen molar-refractivity contribution in [3.05, 3.63) is 71.5 Å². The molecule has 0 saturated heterocycles. The monoisotopic (exact) mass is 332 g/mol. The molecule has 2 aromatic rings. The van der Waals surface area contributed by atoms with Gasteiger partial charge in [0.05, 0.1) is 5.48 Å². The molecule has 0 aromatic heterocycles. The van der Waals surface area contributed by atoms with Gasteiger partial charge in [0.1, 0.15) is 23.9 Å². The van der Waals surface area contributed by atoms with Gasteiger partial charge in [-0.1, -0.05) is 35.4 Å². The Morgan fingerprint density at radius 1 is 1.29 bits per heavy atom. The summed E-state index contributed by atoms with van der Waals surface area (Å²) in [6.45, 7) is 0.882. The fraction of sp³-hybridized carbons (Fsp3) is 0.211. The van der Waals surface area contributed by atoms with Gasteiger partial charge in [-0.2, -0.15) is 0 Å². The van der Waals surface area contributed by atoms with Gasteiger partial charge in [0, 0.05) is 12.1 Å². The summed E-state index contributed by atoms with van der Waals surface area (Å²) in [6, 6.07) is 4.05. The van der Waals surface area contributed by atoms with Crippen LogP contribution >= 0.6 is 0 Å². The summed E-state index contributed by atoms with van der Waals surface area (Å²) in [4.78, 5) is 7.15. The number of phenols is 1. The van der Waals surface area contributed by atoms with E-state index in [0.29, 0.717) is 6.54 Å². The summed E-state index contributed by atoms with van der Waals surface area (Å²) in [5, 5.41) is 13.6. The minimum absolute atomic E-state index is 0.0508. The van der Waals surface area contributed by atoms with E-state index in [2.05, 4.69) is 5.16 Å². The highest BCUT2D eigenvalue weighted by molar-refractivity contribution is 6.10. The molecule has 24 heavy (non-hydrogen) atoms. The molecule has 2 aromatic carbocycles. The van der Waals surface area contributed by atoms with E-state index < -0.39 is 35.7 Å². The van der Waals surface area contributed by atoms with Crippen LogP contribution in [0.5, 0.6) is 5.75 Å². The Labute approximate surface area is 147 Å². The van der Waals surface area contributed by atoms with Crippen LogP contribution in [0.15, 0.2) is 59.7 Å². The maximum absolute atomic E-state index is 14.2. The van der Waals surface area contributed by atoms with Crippen LogP contribution in [0.3, 0.4) is 0 Å². The molecule has 0 saturated carbocycles. The summed E-state index contributed by atoms with van der Waals surface area (Å²) < 4.78 is 45.4. The molecule has 0 bridgehead atoms. The lowest BCUT2D eigenvalue weighted by atomic mass is 10.1. The number of likely N-dealkylation sites (N-methyl/N-ethyl adjacent to an activating group) is 1. The molecule has 0 aliphatic rings. The predicted octanol–water partition coefficient (Wildman–Crippen LogP) is 3.53. The van der Waals surface area contributed by atoms with E-state index in [1.165, 1.54) is 30.4 Å². The maximum atomic E-state index is 14.2. The van der Waals surface area contributed by atoms with Gasteiger partial charge in [-0.15, -0.1) is 0 Å². The fourth-order valence-corrected chi connectivity index (χ4v) is 1.74. The molecule has 126 valence electrons. The first kappa shape index (κ1) is 12.7. The maximum Gasteiger partial charge on any atom is 0.132 e. The predicted molar refractivity (Wildman–Crippen MR) is 94.6 cm³/mol. The summed E-state index contributed by atoms with van der Waals surface area (Å²) in [6.07, 6.45) is 2.65. The molecule has 0 atom stereocenters. The molecule has 1 N–H and O–H groups in total. The first-order chi connectivity index (χ1) is 13.2. The van der Waals surface area contributed by atoms with Crippen LogP contribution in [-0.2, 0) is 4.84 Å². The third-order valence-electron chi connectivity index (χ3n) is 2.98. The van der Waals surface area contributed by atoms with Crippen molar-refractivity contribution >= 4 is 11.8 Å². The van der Waals surface area contributed by atoms with Crippen molar-refractivity contribution in [2.24, 2.45) is 5.16 Å². The van der Waals surface area contributed by atoms with Crippen LogP contribution in [0.4, 0.5) is 4.39 Å². The molecule has 5 heteroatoms. The van der Waals surface area contributed by atoms with E-state index >= 15 is 0 Å². The number of benzene rings is 2. The molecule has 4 nitrogen and oxygen atoms in total. The number of allylic oxidation sites excluding steroid dienone is 1. The molecular formula is C19H21FN2O2. The lowest BCUT2D eigenvalue weighted by Gasteiger charge is -2.08. The summed E-state index contributed by atoms with van der Waals surface area (Å²) >= 11 is 0. The lowest BCUT2D eigenvalue weighted by Crippen LogP contribution is -2.17. The van der Waals surface area contributed by atoms with Gasteiger partial charge < -0.3 is 14.8 Å². The SMILES string of the molecule is [2H]c1c([2H])c(/C=C/C(=N\OCCN(C)C)c2ccccc2F)c([2H])c([2H])c1O. The number of nitrogens with zero attached hydrogens (tertiary/aromatic N) is 2. The molecule has 0 aliphatic heterocycles. The van der Waals surface area contributed by atoms with E-state index in [4.69, 9.17) is 10.3 Å². The summed E-state index contributed by atoms with van der Waals surface area (Å²) in [5.74, 6) is -1.24. The van der Waals surface area contributed by atoms with E-state index in [0.717, 1.165) is 0 Å². The highest BCUT2D eigenvalue weighted by atomic mass is 19.1. The lowest BCUT2D eigenvalue weighted by molar-refractivity contribution is 0.126. The number of phenolic OH excluding ortho intramolecular Hbond substituents is 1. The van der Waals surface area contributed by atoms with E-state index in [-0.39, 0.29) is 23.4 Å². The summed E-state index contributed by atoms with van der Waals surface area (Å²) in [5.41, 5.74) is 0.240. The smallest absolute Gasteiger partial charge is 0.132 e. The number of oxime groups is 1. The van der Waals surface area contributed by atoms with Gasteiger partial charge in [-0.3, -0.25) is 0 Å². The van der Waals surface area contributed by atoms with Crippen LogP contribution < -0.4 is 0 Å². The zero-order chi connectivity index (χ0) is 20.8. The minimum atomic E-state index is -0.720. The Kier molecular flexibility index (Phi) is 4.69. The van der Waals surface area contributed by atoms with E-state index in [1.807, 2.05) is 19.0 Å². The standard InChI is InChI=1S/C19H21FN2O2/c1-22(2)13-14-24-21-19(17-5-3-4-6-18(17)20)12-9-15-7-10-16(23)11-8-15/h3-12,23H,13-14H2,1-2H3/b12-9+,21-19+/i7D,8D,10D,11D. The van der Waals surface area contributed by atoms with Crippen molar-refractivity contribution in [1.29, 1.82) is 0 Å². The van der Waals surface area contributed by atoms with Gasteiger partial charge >= 0.3 is 0 Å². The van der Waals surface area contributed by atoms with Crippen LogP contribution in [0.2, 0.25) is 0 Å². The topological polar surface area (TPSA) is 45.1 Å². The quantitative estimate of drug-likeness (QED) is 0.479. The van der Waals surface area contributed by atoms with Crippen LogP contribution in [0.1, 0.15) is 16.6 Å². The highest BCUT2D eigenvalue weighted by Gasteiger charge is 2.07. The molecule has 0 spiro atoms. The molecule has 0 aliphatic carbocycles. The Hall–Kier alpha value is -2.66. The van der Waals surface area contributed by atoms with Crippen molar-refractivity contribution in [3.8, 4) is 5.75 Å². The van der Waals surface area contributed by atoms with Crippen LogP contribution in [0, 0.1) is 5.82 Å². The Balaban J connectivity index is 2.43. The highest BCUT2D eigenvalue weighted by Crippen LogP contribution is 2.13. The first-order valence-corrected chi connectivity index (χ1v) is 7.31. The molecule has 0 amide bonds. The number of aromatic hydroxyl groups is 1.